The third-order valence-electron chi connectivity index (χ3n) is 6.01. The van der Waals surface area contributed by atoms with Crippen molar-refractivity contribution >= 4 is 17.0 Å². The third kappa shape index (κ3) is 3.33. The molecule has 32 heavy (non-hydrogen) atoms. The number of aryl methyl sites for hydroxylation is 1. The molecule has 1 aliphatic carbocycles. The Morgan fingerprint density at radius 3 is 2.50 bits per heavy atom. The number of aromatic nitrogens is 4. The van der Waals surface area contributed by atoms with Crippen LogP contribution >= 0.6 is 0 Å². The van der Waals surface area contributed by atoms with Gasteiger partial charge in [0.15, 0.2) is 23.0 Å². The van der Waals surface area contributed by atoms with E-state index in [2.05, 4.69) is 15.1 Å². The highest BCUT2D eigenvalue weighted by Gasteiger charge is 2.42. The minimum absolute atomic E-state index is 0.150. The van der Waals surface area contributed by atoms with Gasteiger partial charge < -0.3 is 14.7 Å². The summed E-state index contributed by atoms with van der Waals surface area (Å²) < 4.78 is 74.6. The minimum atomic E-state index is -5.14. The van der Waals surface area contributed by atoms with E-state index in [0.717, 1.165) is 19.3 Å². The molecule has 2 heterocycles. The molecular formula is C20H20F5N5O2. The first-order valence-electron chi connectivity index (χ1n) is 9.71. The van der Waals surface area contributed by atoms with E-state index in [4.69, 9.17) is 4.74 Å². The predicted molar refractivity (Wildman–Crippen MR) is 105 cm³/mol. The minimum Gasteiger partial charge on any atom is -0.503 e. The van der Waals surface area contributed by atoms with Crippen LogP contribution in [0.3, 0.4) is 0 Å². The van der Waals surface area contributed by atoms with Gasteiger partial charge in [-0.2, -0.15) is 23.3 Å². The fourth-order valence-corrected chi connectivity index (χ4v) is 4.03. The van der Waals surface area contributed by atoms with Gasteiger partial charge in [-0.1, -0.05) is 0 Å². The number of phenols is 1. The average molecular weight is 457 g/mol. The van der Waals surface area contributed by atoms with Crippen LogP contribution in [-0.2, 0) is 18.0 Å². The lowest BCUT2D eigenvalue weighted by Gasteiger charge is -2.48. The summed E-state index contributed by atoms with van der Waals surface area (Å²) in [5.74, 6) is -5.01. The maximum absolute atomic E-state index is 14.6. The number of hydrogen-bond acceptors (Lipinski definition) is 6. The number of benzene rings is 1. The molecule has 1 saturated carbocycles. The Kier molecular flexibility index (Phi) is 5.23. The number of halogens is 5. The van der Waals surface area contributed by atoms with Crippen molar-refractivity contribution in [1.82, 2.24) is 19.7 Å². The first-order chi connectivity index (χ1) is 15.0. The molecule has 0 atom stereocenters. The van der Waals surface area contributed by atoms with Crippen LogP contribution in [0.15, 0.2) is 12.3 Å². The highest BCUT2D eigenvalue weighted by atomic mass is 19.4. The standard InChI is InChI=1S/C20H20F5N5O2/c1-29(19(9-32-3)5-4-6-19)18-26-8-11-15(28-30(2)17(11)27-18)10-7-12(20(23,24)25)14(22)16(31)13(10)21/h7-8,31H,4-6,9H2,1-3H3. The Balaban J connectivity index is 1.84. The van der Waals surface area contributed by atoms with Crippen LogP contribution in [0.25, 0.3) is 22.3 Å². The van der Waals surface area contributed by atoms with Crippen molar-refractivity contribution in [2.24, 2.45) is 7.05 Å². The van der Waals surface area contributed by atoms with Gasteiger partial charge >= 0.3 is 6.18 Å². The lowest BCUT2D eigenvalue weighted by Crippen LogP contribution is -2.56. The van der Waals surface area contributed by atoms with Crippen molar-refractivity contribution < 1.29 is 31.8 Å². The molecule has 0 saturated heterocycles. The summed E-state index contributed by atoms with van der Waals surface area (Å²) in [6, 6.07) is 0.286. The highest BCUT2D eigenvalue weighted by Crippen LogP contribution is 2.42. The topological polar surface area (TPSA) is 76.3 Å². The monoisotopic (exact) mass is 457 g/mol. The first-order valence-corrected chi connectivity index (χ1v) is 9.71. The van der Waals surface area contributed by atoms with Gasteiger partial charge in [0.2, 0.25) is 5.95 Å². The number of phenolic OH excluding ortho intramolecular Hbond substituents is 1. The van der Waals surface area contributed by atoms with Gasteiger partial charge in [-0.15, -0.1) is 0 Å². The van der Waals surface area contributed by atoms with E-state index >= 15 is 0 Å². The van der Waals surface area contributed by atoms with Gasteiger partial charge in [0, 0.05) is 33.0 Å². The van der Waals surface area contributed by atoms with Gasteiger partial charge in [0.05, 0.1) is 23.1 Å². The molecule has 1 aromatic carbocycles. The number of fused-ring (bicyclic) bond motifs is 1. The summed E-state index contributed by atoms with van der Waals surface area (Å²) in [5.41, 5.74) is -2.78. The summed E-state index contributed by atoms with van der Waals surface area (Å²) in [4.78, 5) is 10.7. The normalized spacial score (nSPS) is 15.8. The second-order valence-corrected chi connectivity index (χ2v) is 7.90. The van der Waals surface area contributed by atoms with E-state index in [-0.39, 0.29) is 28.3 Å². The molecule has 0 spiro atoms. The molecule has 1 aliphatic rings. The first kappa shape index (κ1) is 22.2. The van der Waals surface area contributed by atoms with E-state index < -0.39 is 34.7 Å². The molecule has 2 aromatic heterocycles. The molecule has 172 valence electrons. The fourth-order valence-electron chi connectivity index (χ4n) is 4.03. The van der Waals surface area contributed by atoms with Crippen LogP contribution in [0.1, 0.15) is 24.8 Å². The molecule has 0 unspecified atom stereocenters. The van der Waals surface area contributed by atoms with E-state index in [1.165, 1.54) is 17.9 Å². The van der Waals surface area contributed by atoms with Crippen molar-refractivity contribution in [3.05, 3.63) is 29.5 Å². The smallest absolute Gasteiger partial charge is 0.419 e. The summed E-state index contributed by atoms with van der Waals surface area (Å²) in [6.07, 6.45) is -1.02. The van der Waals surface area contributed by atoms with E-state index in [0.29, 0.717) is 12.6 Å². The van der Waals surface area contributed by atoms with E-state index in [1.807, 2.05) is 11.9 Å². The Morgan fingerprint density at radius 2 is 1.94 bits per heavy atom. The van der Waals surface area contributed by atoms with Gasteiger partial charge in [0.1, 0.15) is 5.69 Å². The molecule has 12 heteroatoms. The number of aromatic hydroxyl groups is 1. The summed E-state index contributed by atoms with van der Waals surface area (Å²) >= 11 is 0. The quantitative estimate of drug-likeness (QED) is 0.583. The Labute approximate surface area is 179 Å². The number of anilines is 1. The lowest BCUT2D eigenvalue weighted by atomic mass is 9.76. The summed E-state index contributed by atoms with van der Waals surface area (Å²) in [5, 5.41) is 13.9. The van der Waals surface area contributed by atoms with Crippen LogP contribution in [0.4, 0.5) is 27.9 Å². The molecule has 0 radical (unpaired) electrons. The maximum atomic E-state index is 14.6. The van der Waals surface area contributed by atoms with Gasteiger partial charge in [-0.3, -0.25) is 0 Å². The largest absolute Gasteiger partial charge is 0.503 e. The molecule has 3 aromatic rings. The number of hydrogen-bond donors (Lipinski definition) is 1. The predicted octanol–water partition coefficient (Wildman–Crippen LogP) is 4.04. The molecular weight excluding hydrogens is 437 g/mol. The van der Waals surface area contributed by atoms with Crippen molar-refractivity contribution in [3.63, 3.8) is 0 Å². The molecule has 0 bridgehead atoms. The van der Waals surface area contributed by atoms with Crippen LogP contribution in [0.5, 0.6) is 5.75 Å². The summed E-state index contributed by atoms with van der Waals surface area (Å²) in [6.45, 7) is 0.474. The van der Waals surface area contributed by atoms with Crippen LogP contribution in [0, 0.1) is 11.6 Å². The zero-order valence-electron chi connectivity index (χ0n) is 17.5. The average Bonchev–Trinajstić information content (AvgIpc) is 3.03. The number of likely N-dealkylation sites (N-methyl/N-ethyl adjacent to an activating group) is 1. The van der Waals surface area contributed by atoms with Gasteiger partial charge in [-0.05, 0) is 25.3 Å². The number of ether oxygens (including phenoxy) is 1. The van der Waals surface area contributed by atoms with E-state index in [9.17, 15) is 27.1 Å². The van der Waals surface area contributed by atoms with Crippen molar-refractivity contribution in [3.8, 4) is 17.0 Å². The summed E-state index contributed by atoms with van der Waals surface area (Å²) in [7, 11) is 4.92. The zero-order chi connectivity index (χ0) is 23.4. The molecule has 1 N–H and O–H groups in total. The number of rotatable bonds is 5. The van der Waals surface area contributed by atoms with Gasteiger partial charge in [-0.25, -0.2) is 18.4 Å². The Hall–Kier alpha value is -3.02. The second-order valence-electron chi connectivity index (χ2n) is 7.90. The SMILES string of the molecule is COCC1(N(C)c2ncc3c(-c4cc(C(F)(F)F)c(F)c(O)c4F)nn(C)c3n2)CCC1. The number of alkyl halides is 3. The molecule has 0 amide bonds. The number of methoxy groups -OCH3 is 1. The van der Waals surface area contributed by atoms with Crippen LogP contribution in [-0.4, -0.2) is 51.2 Å². The van der Waals surface area contributed by atoms with Crippen molar-refractivity contribution in [2.75, 3.05) is 25.7 Å². The van der Waals surface area contributed by atoms with E-state index in [1.54, 1.807) is 7.11 Å². The maximum Gasteiger partial charge on any atom is 0.419 e. The third-order valence-corrected chi connectivity index (χ3v) is 6.01. The highest BCUT2D eigenvalue weighted by molar-refractivity contribution is 5.91. The molecule has 1 fully saturated rings. The lowest BCUT2D eigenvalue weighted by molar-refractivity contribution is -0.140. The Morgan fingerprint density at radius 1 is 1.25 bits per heavy atom. The zero-order valence-corrected chi connectivity index (χ0v) is 17.5. The van der Waals surface area contributed by atoms with Crippen molar-refractivity contribution in [1.29, 1.82) is 0 Å². The van der Waals surface area contributed by atoms with Crippen LogP contribution in [0.2, 0.25) is 0 Å². The molecule has 7 nitrogen and oxygen atoms in total. The second kappa shape index (κ2) is 7.54. The molecule has 0 aliphatic heterocycles. The fraction of sp³-hybridized carbons (Fsp3) is 0.450. The Bertz CT molecular complexity index is 1190. The number of nitrogens with zero attached hydrogens (tertiary/aromatic N) is 5. The van der Waals surface area contributed by atoms with Gasteiger partial charge in [0.25, 0.3) is 0 Å². The van der Waals surface area contributed by atoms with Crippen molar-refractivity contribution in [2.45, 2.75) is 31.0 Å². The molecule has 4 rings (SSSR count). The van der Waals surface area contributed by atoms with Crippen LogP contribution < -0.4 is 4.90 Å².